The summed E-state index contributed by atoms with van der Waals surface area (Å²) in [6.07, 6.45) is 5.94. The highest BCUT2D eigenvalue weighted by molar-refractivity contribution is 5.96. The van der Waals surface area contributed by atoms with Crippen molar-refractivity contribution in [3.63, 3.8) is 0 Å². The number of hydrogen-bond donors (Lipinski definition) is 3. The summed E-state index contributed by atoms with van der Waals surface area (Å²) in [6, 6.07) is 24.3. The van der Waals surface area contributed by atoms with Gasteiger partial charge in [-0.15, -0.1) is 0 Å². The lowest BCUT2D eigenvalue weighted by Gasteiger charge is -2.11. The highest BCUT2D eigenvalue weighted by Gasteiger charge is 2.08. The Morgan fingerprint density at radius 2 is 1.57 bits per heavy atom. The van der Waals surface area contributed by atoms with E-state index in [9.17, 15) is 9.59 Å². The molecule has 35 heavy (non-hydrogen) atoms. The Balaban J connectivity index is 1.43. The Morgan fingerprint density at radius 1 is 0.800 bits per heavy atom. The zero-order valence-electron chi connectivity index (χ0n) is 20.4. The molecule has 0 fully saturated rings. The second-order valence-corrected chi connectivity index (χ2v) is 8.44. The lowest BCUT2D eigenvalue weighted by Crippen LogP contribution is -2.23. The van der Waals surface area contributed by atoms with Gasteiger partial charge in [0, 0.05) is 29.5 Å². The smallest absolute Gasteiger partial charge is 0.251 e. The summed E-state index contributed by atoms with van der Waals surface area (Å²) in [5, 5.41) is 8.88. The fraction of sp³-hybridized carbons (Fsp3) is 0.310. The van der Waals surface area contributed by atoms with E-state index in [0.717, 1.165) is 17.7 Å². The van der Waals surface area contributed by atoms with Crippen molar-refractivity contribution in [1.29, 1.82) is 0 Å². The lowest BCUT2D eigenvalue weighted by molar-refractivity contribution is -0.114. The summed E-state index contributed by atoms with van der Waals surface area (Å²) >= 11 is 0. The van der Waals surface area contributed by atoms with Gasteiger partial charge in [0.15, 0.2) is 0 Å². The zero-order valence-corrected chi connectivity index (χ0v) is 20.4. The molecule has 0 aliphatic heterocycles. The van der Waals surface area contributed by atoms with Gasteiger partial charge < -0.3 is 20.7 Å². The van der Waals surface area contributed by atoms with Crippen molar-refractivity contribution in [2.45, 2.75) is 45.6 Å². The minimum absolute atomic E-state index is 0.0810. The van der Waals surface area contributed by atoms with E-state index in [0.29, 0.717) is 30.1 Å². The molecule has 0 saturated heterocycles. The van der Waals surface area contributed by atoms with E-state index in [1.54, 1.807) is 18.2 Å². The number of amides is 2. The maximum Gasteiger partial charge on any atom is 0.251 e. The zero-order chi connectivity index (χ0) is 24.7. The Morgan fingerprint density at radius 3 is 2.40 bits per heavy atom. The van der Waals surface area contributed by atoms with E-state index in [-0.39, 0.29) is 18.4 Å². The quantitative estimate of drug-likeness (QED) is 0.250. The molecule has 0 spiro atoms. The summed E-state index contributed by atoms with van der Waals surface area (Å²) < 4.78 is 5.82. The number of nitrogens with one attached hydrogen (secondary N) is 3. The molecule has 6 heteroatoms. The topological polar surface area (TPSA) is 79.5 Å². The van der Waals surface area contributed by atoms with Gasteiger partial charge in [0.25, 0.3) is 5.91 Å². The average Bonchev–Trinajstić information content (AvgIpc) is 2.89. The molecule has 0 aromatic heterocycles. The van der Waals surface area contributed by atoms with Crippen molar-refractivity contribution in [3.8, 4) is 5.75 Å². The molecule has 6 nitrogen and oxygen atoms in total. The van der Waals surface area contributed by atoms with E-state index >= 15 is 0 Å². The molecule has 0 atom stereocenters. The van der Waals surface area contributed by atoms with Crippen LogP contribution >= 0.6 is 0 Å². The Hall–Kier alpha value is -3.80. The maximum absolute atomic E-state index is 12.5. The summed E-state index contributed by atoms with van der Waals surface area (Å²) in [5.41, 5.74) is 2.96. The molecule has 0 aliphatic rings. The van der Waals surface area contributed by atoms with Crippen molar-refractivity contribution >= 4 is 23.2 Å². The van der Waals surface area contributed by atoms with Gasteiger partial charge in [-0.3, -0.25) is 9.59 Å². The standard InChI is InChI=1S/C29H35N3O3/c1-2-3-4-5-9-18-35-27-17-11-16-26(20-27)32-28(33)22-30-25-15-10-14-24(19-25)29(34)31-21-23-12-7-6-8-13-23/h6-8,10-17,19-20,30H,2-5,9,18,21-22H2,1H3,(H,31,34)(H,32,33). The van der Waals surface area contributed by atoms with Crippen LogP contribution in [0.3, 0.4) is 0 Å². The van der Waals surface area contributed by atoms with Crippen molar-refractivity contribution in [2.24, 2.45) is 0 Å². The Kier molecular flexibility index (Phi) is 10.7. The van der Waals surface area contributed by atoms with E-state index in [1.165, 1.54) is 25.7 Å². The van der Waals surface area contributed by atoms with Gasteiger partial charge in [-0.25, -0.2) is 0 Å². The molecule has 0 aliphatic carbocycles. The Labute approximate surface area is 208 Å². The van der Waals surface area contributed by atoms with Crippen LogP contribution in [0.4, 0.5) is 11.4 Å². The van der Waals surface area contributed by atoms with Crippen LogP contribution < -0.4 is 20.7 Å². The number of ether oxygens (including phenoxy) is 1. The van der Waals surface area contributed by atoms with Crippen LogP contribution in [0.25, 0.3) is 0 Å². The Bertz CT molecular complexity index is 1070. The van der Waals surface area contributed by atoms with E-state index in [2.05, 4.69) is 22.9 Å². The van der Waals surface area contributed by atoms with E-state index in [1.807, 2.05) is 60.7 Å². The van der Waals surface area contributed by atoms with Crippen LogP contribution in [0.5, 0.6) is 5.75 Å². The van der Waals surface area contributed by atoms with Gasteiger partial charge in [-0.1, -0.05) is 75.1 Å². The summed E-state index contributed by atoms with van der Waals surface area (Å²) in [7, 11) is 0. The van der Waals surface area contributed by atoms with Gasteiger partial charge >= 0.3 is 0 Å². The first-order valence-electron chi connectivity index (χ1n) is 12.3. The largest absolute Gasteiger partial charge is 0.494 e. The molecule has 0 radical (unpaired) electrons. The third-order valence-electron chi connectivity index (χ3n) is 5.51. The third-order valence-corrected chi connectivity index (χ3v) is 5.51. The molecule has 184 valence electrons. The second kappa shape index (κ2) is 14.5. The molecule has 0 unspecified atom stereocenters. The molecule has 3 aromatic rings. The molecule has 3 N–H and O–H groups in total. The number of rotatable bonds is 14. The van der Waals surface area contributed by atoms with Gasteiger partial charge in [0.05, 0.1) is 13.2 Å². The fourth-order valence-corrected chi connectivity index (χ4v) is 3.60. The molecule has 3 aromatic carbocycles. The first-order valence-corrected chi connectivity index (χ1v) is 12.3. The number of anilines is 2. The normalized spacial score (nSPS) is 10.4. The first kappa shape index (κ1) is 25.8. The van der Waals surface area contributed by atoms with E-state index < -0.39 is 0 Å². The fourth-order valence-electron chi connectivity index (χ4n) is 3.60. The number of carbonyl (C=O) groups is 2. The van der Waals surface area contributed by atoms with Crippen LogP contribution in [-0.2, 0) is 11.3 Å². The van der Waals surface area contributed by atoms with Gasteiger partial charge in [-0.05, 0) is 42.3 Å². The SMILES string of the molecule is CCCCCCCOc1cccc(NC(=O)CNc2cccc(C(=O)NCc3ccccc3)c2)c1. The van der Waals surface area contributed by atoms with Crippen LogP contribution in [-0.4, -0.2) is 25.0 Å². The molecular weight excluding hydrogens is 438 g/mol. The highest BCUT2D eigenvalue weighted by Crippen LogP contribution is 2.18. The van der Waals surface area contributed by atoms with Crippen LogP contribution in [0.1, 0.15) is 54.9 Å². The second-order valence-electron chi connectivity index (χ2n) is 8.44. The van der Waals surface area contributed by atoms with Crippen LogP contribution in [0.15, 0.2) is 78.9 Å². The van der Waals surface area contributed by atoms with Gasteiger partial charge in [0.2, 0.25) is 5.91 Å². The minimum Gasteiger partial charge on any atom is -0.494 e. The molecule has 0 bridgehead atoms. The van der Waals surface area contributed by atoms with Gasteiger partial charge in [0.1, 0.15) is 5.75 Å². The van der Waals surface area contributed by atoms with Gasteiger partial charge in [-0.2, -0.15) is 0 Å². The molecule has 3 rings (SSSR count). The predicted molar refractivity (Wildman–Crippen MR) is 142 cm³/mol. The molecule has 0 heterocycles. The number of carbonyl (C=O) groups excluding carboxylic acids is 2. The minimum atomic E-state index is -0.180. The first-order chi connectivity index (χ1) is 17.1. The van der Waals surface area contributed by atoms with Crippen molar-refractivity contribution in [1.82, 2.24) is 5.32 Å². The number of hydrogen-bond acceptors (Lipinski definition) is 4. The highest BCUT2D eigenvalue weighted by atomic mass is 16.5. The van der Waals surface area contributed by atoms with Crippen molar-refractivity contribution in [2.75, 3.05) is 23.8 Å². The number of benzene rings is 3. The third kappa shape index (κ3) is 9.53. The average molecular weight is 474 g/mol. The number of unbranched alkanes of at least 4 members (excludes halogenated alkanes) is 4. The van der Waals surface area contributed by atoms with Crippen LogP contribution in [0.2, 0.25) is 0 Å². The summed E-state index contributed by atoms with van der Waals surface area (Å²) in [5.74, 6) is 0.408. The van der Waals surface area contributed by atoms with E-state index in [4.69, 9.17) is 4.74 Å². The molecular formula is C29H35N3O3. The molecule has 2 amide bonds. The molecule has 0 saturated carbocycles. The monoisotopic (exact) mass is 473 g/mol. The maximum atomic E-state index is 12.5. The summed E-state index contributed by atoms with van der Waals surface area (Å²) in [4.78, 5) is 24.9. The summed E-state index contributed by atoms with van der Waals surface area (Å²) in [6.45, 7) is 3.42. The van der Waals surface area contributed by atoms with Crippen LogP contribution in [0, 0.1) is 0 Å². The van der Waals surface area contributed by atoms with Crippen molar-refractivity contribution in [3.05, 3.63) is 90.0 Å². The van der Waals surface area contributed by atoms with Crippen molar-refractivity contribution < 1.29 is 14.3 Å². The lowest BCUT2D eigenvalue weighted by atomic mass is 10.1. The predicted octanol–water partition coefficient (Wildman–Crippen LogP) is 6.02.